The highest BCUT2D eigenvalue weighted by Crippen LogP contribution is 2.22. The van der Waals surface area contributed by atoms with Crippen molar-refractivity contribution in [3.63, 3.8) is 0 Å². The van der Waals surface area contributed by atoms with Gasteiger partial charge in [-0.3, -0.25) is 9.67 Å². The summed E-state index contributed by atoms with van der Waals surface area (Å²) < 4.78 is 1.94. The Balaban J connectivity index is 0.00000312. The molecule has 1 aromatic carbocycles. The van der Waals surface area contributed by atoms with Gasteiger partial charge in [0, 0.05) is 44.5 Å². The van der Waals surface area contributed by atoms with Gasteiger partial charge in [0.05, 0.1) is 0 Å². The Morgan fingerprint density at radius 2 is 1.92 bits per heavy atom. The molecule has 0 unspecified atom stereocenters. The van der Waals surface area contributed by atoms with E-state index in [4.69, 9.17) is 0 Å². The number of nitrogens with one attached hydrogen (secondary N) is 2. The zero-order valence-corrected chi connectivity index (χ0v) is 18.0. The second kappa shape index (κ2) is 10.4. The molecule has 2 rings (SSSR count). The summed E-state index contributed by atoms with van der Waals surface area (Å²) in [5.74, 6) is 0.843. The van der Waals surface area contributed by atoms with Gasteiger partial charge in [0.25, 0.3) is 0 Å². The second-order valence-electron chi connectivity index (χ2n) is 6.73. The van der Waals surface area contributed by atoms with Gasteiger partial charge in [-0.25, -0.2) is 0 Å². The van der Waals surface area contributed by atoms with Crippen LogP contribution in [0.3, 0.4) is 0 Å². The summed E-state index contributed by atoms with van der Waals surface area (Å²) in [6.07, 6.45) is 4.79. The van der Waals surface area contributed by atoms with Crippen molar-refractivity contribution in [2.24, 2.45) is 4.99 Å². The van der Waals surface area contributed by atoms with Crippen LogP contribution in [0.15, 0.2) is 47.7 Å². The molecule has 2 aromatic rings. The zero-order chi connectivity index (χ0) is 17.4. The van der Waals surface area contributed by atoms with Crippen LogP contribution >= 0.6 is 24.0 Å². The molecule has 1 heterocycles. The minimum absolute atomic E-state index is 0. The maximum atomic E-state index is 4.31. The summed E-state index contributed by atoms with van der Waals surface area (Å²) >= 11 is 0. The van der Waals surface area contributed by atoms with Crippen molar-refractivity contribution < 1.29 is 0 Å². The van der Waals surface area contributed by atoms with E-state index < -0.39 is 0 Å². The lowest BCUT2D eigenvalue weighted by molar-refractivity contribution is 0.506. The molecule has 138 valence electrons. The number of nitrogens with zero attached hydrogens (tertiary/aromatic N) is 3. The fourth-order valence-electron chi connectivity index (χ4n) is 2.51. The van der Waals surface area contributed by atoms with Crippen LogP contribution in [0.4, 0.5) is 0 Å². The number of aliphatic imine (C=N–C) groups is 1. The summed E-state index contributed by atoms with van der Waals surface area (Å²) in [5, 5.41) is 11.0. The highest BCUT2D eigenvalue weighted by molar-refractivity contribution is 14.0. The van der Waals surface area contributed by atoms with Gasteiger partial charge in [-0.15, -0.1) is 24.0 Å². The van der Waals surface area contributed by atoms with Gasteiger partial charge in [-0.1, -0.05) is 43.7 Å². The molecule has 0 spiro atoms. The van der Waals surface area contributed by atoms with Crippen molar-refractivity contribution in [3.05, 3.63) is 53.9 Å². The van der Waals surface area contributed by atoms with Crippen LogP contribution in [0.2, 0.25) is 0 Å². The van der Waals surface area contributed by atoms with E-state index in [0.29, 0.717) is 0 Å². The lowest BCUT2D eigenvalue weighted by Crippen LogP contribution is -2.43. The molecule has 0 bridgehead atoms. The lowest BCUT2D eigenvalue weighted by Gasteiger charge is -2.27. The van der Waals surface area contributed by atoms with Crippen LogP contribution in [0.5, 0.6) is 0 Å². The summed E-state index contributed by atoms with van der Waals surface area (Å²) in [4.78, 5) is 4.31. The van der Waals surface area contributed by atoms with Gasteiger partial charge in [0.15, 0.2) is 5.96 Å². The molecule has 0 aliphatic carbocycles. The third-order valence-electron chi connectivity index (χ3n) is 4.17. The predicted molar refractivity (Wildman–Crippen MR) is 116 cm³/mol. The number of hydrogen-bond donors (Lipinski definition) is 2. The smallest absolute Gasteiger partial charge is 0.191 e. The highest BCUT2D eigenvalue weighted by Gasteiger charge is 2.20. The van der Waals surface area contributed by atoms with Crippen molar-refractivity contribution in [1.82, 2.24) is 20.4 Å². The Morgan fingerprint density at radius 1 is 1.20 bits per heavy atom. The fraction of sp³-hybridized carbons (Fsp3) is 0.474. The number of rotatable bonds is 7. The molecule has 0 aliphatic rings. The van der Waals surface area contributed by atoms with Crippen LogP contribution in [0.1, 0.15) is 31.4 Å². The Labute approximate surface area is 168 Å². The summed E-state index contributed by atoms with van der Waals surface area (Å²) in [6, 6.07) is 10.7. The van der Waals surface area contributed by atoms with Crippen molar-refractivity contribution in [2.45, 2.75) is 39.2 Å². The van der Waals surface area contributed by atoms with Crippen molar-refractivity contribution >= 4 is 29.9 Å². The van der Waals surface area contributed by atoms with E-state index >= 15 is 0 Å². The van der Waals surface area contributed by atoms with Crippen LogP contribution in [-0.2, 0) is 12.0 Å². The van der Waals surface area contributed by atoms with E-state index in [1.165, 1.54) is 11.1 Å². The van der Waals surface area contributed by atoms with Crippen molar-refractivity contribution in [3.8, 4) is 0 Å². The average molecular weight is 455 g/mol. The summed E-state index contributed by atoms with van der Waals surface area (Å²) in [5.41, 5.74) is 2.66. The van der Waals surface area contributed by atoms with Gasteiger partial charge in [0.2, 0.25) is 0 Å². The minimum Gasteiger partial charge on any atom is -0.356 e. The van der Waals surface area contributed by atoms with Gasteiger partial charge in [0.1, 0.15) is 0 Å². The molecule has 0 saturated heterocycles. The van der Waals surface area contributed by atoms with E-state index in [9.17, 15) is 0 Å². The zero-order valence-electron chi connectivity index (χ0n) is 15.6. The van der Waals surface area contributed by atoms with E-state index in [1.807, 2.05) is 24.0 Å². The molecular formula is C19H30IN5. The minimum atomic E-state index is 0. The molecule has 0 saturated carbocycles. The molecule has 0 atom stereocenters. The standard InChI is InChI=1S/C19H29N5.HI/c1-16-7-9-17(10-8-16)19(2,3)15-22-18(20-4)21-11-5-13-24-14-6-12-23-24;/h6-10,12,14H,5,11,13,15H2,1-4H3,(H2,20,21,22);1H. The Morgan fingerprint density at radius 3 is 2.52 bits per heavy atom. The largest absolute Gasteiger partial charge is 0.356 e. The van der Waals surface area contributed by atoms with E-state index in [-0.39, 0.29) is 29.4 Å². The predicted octanol–water partition coefficient (Wildman–Crippen LogP) is 3.34. The first-order valence-corrected chi connectivity index (χ1v) is 8.50. The van der Waals surface area contributed by atoms with E-state index in [2.05, 4.69) is 65.8 Å². The van der Waals surface area contributed by atoms with Crippen LogP contribution < -0.4 is 10.6 Å². The summed E-state index contributed by atoms with van der Waals surface area (Å²) in [7, 11) is 1.81. The van der Waals surface area contributed by atoms with Crippen LogP contribution in [-0.4, -0.2) is 35.9 Å². The van der Waals surface area contributed by atoms with E-state index in [1.54, 1.807) is 6.20 Å². The van der Waals surface area contributed by atoms with Crippen molar-refractivity contribution in [1.29, 1.82) is 0 Å². The monoisotopic (exact) mass is 455 g/mol. The average Bonchev–Trinajstić information content (AvgIpc) is 3.08. The first kappa shape index (κ1) is 21.5. The maximum Gasteiger partial charge on any atom is 0.191 e. The molecule has 0 aliphatic heterocycles. The van der Waals surface area contributed by atoms with Crippen LogP contribution in [0.25, 0.3) is 0 Å². The third-order valence-corrected chi connectivity index (χ3v) is 4.17. The number of benzene rings is 1. The molecule has 6 heteroatoms. The Bertz CT molecular complexity index is 632. The number of aromatic nitrogens is 2. The Kier molecular flexibility index (Phi) is 8.96. The molecule has 0 fully saturated rings. The molecule has 1 aromatic heterocycles. The quantitative estimate of drug-likeness (QED) is 0.292. The van der Waals surface area contributed by atoms with Gasteiger partial charge in [-0.05, 0) is 25.0 Å². The van der Waals surface area contributed by atoms with Gasteiger partial charge in [-0.2, -0.15) is 5.10 Å². The number of guanidine groups is 1. The first-order chi connectivity index (χ1) is 11.5. The highest BCUT2D eigenvalue weighted by atomic mass is 127. The normalized spacial score (nSPS) is 11.8. The topological polar surface area (TPSA) is 54.2 Å². The Hall–Kier alpha value is -1.57. The fourth-order valence-corrected chi connectivity index (χ4v) is 2.51. The molecule has 25 heavy (non-hydrogen) atoms. The SMILES string of the molecule is CN=C(NCCCn1cccn1)NCC(C)(C)c1ccc(C)cc1.I. The number of hydrogen-bond acceptors (Lipinski definition) is 2. The molecular weight excluding hydrogens is 425 g/mol. The maximum absolute atomic E-state index is 4.31. The third kappa shape index (κ3) is 7.05. The molecule has 2 N–H and O–H groups in total. The van der Waals surface area contributed by atoms with E-state index in [0.717, 1.165) is 32.0 Å². The molecule has 0 radical (unpaired) electrons. The first-order valence-electron chi connectivity index (χ1n) is 8.50. The number of halogens is 1. The van der Waals surface area contributed by atoms with Crippen LogP contribution in [0, 0.1) is 6.92 Å². The molecule has 5 nitrogen and oxygen atoms in total. The molecule has 0 amide bonds. The summed E-state index contributed by atoms with van der Waals surface area (Å²) in [6.45, 7) is 9.21. The van der Waals surface area contributed by atoms with Gasteiger partial charge >= 0.3 is 0 Å². The lowest BCUT2D eigenvalue weighted by atomic mass is 9.84. The van der Waals surface area contributed by atoms with Crippen molar-refractivity contribution in [2.75, 3.05) is 20.1 Å². The van der Waals surface area contributed by atoms with Gasteiger partial charge < -0.3 is 10.6 Å². The second-order valence-corrected chi connectivity index (χ2v) is 6.73. The number of aryl methyl sites for hydroxylation is 2.